The van der Waals surface area contributed by atoms with Crippen LogP contribution in [0.2, 0.25) is 0 Å². The van der Waals surface area contributed by atoms with Crippen molar-refractivity contribution in [2.75, 3.05) is 0 Å². The molecule has 3 rings (SSSR count). The predicted octanol–water partition coefficient (Wildman–Crippen LogP) is 2.51. The SMILES string of the molecule is CCCc1nc(C)c(C(=O)NCc2ccc(-c3nn[nH]n3)cc2)s1. The van der Waals surface area contributed by atoms with Crippen LogP contribution in [0.4, 0.5) is 0 Å². The average Bonchev–Trinajstić information content (AvgIpc) is 3.23. The summed E-state index contributed by atoms with van der Waals surface area (Å²) >= 11 is 1.48. The number of carbonyl (C=O) groups is 1. The summed E-state index contributed by atoms with van der Waals surface area (Å²) < 4.78 is 0. The van der Waals surface area contributed by atoms with Crippen LogP contribution < -0.4 is 5.32 Å². The topological polar surface area (TPSA) is 96.5 Å². The van der Waals surface area contributed by atoms with Gasteiger partial charge in [0.15, 0.2) is 0 Å². The standard InChI is InChI=1S/C16H18N6OS/c1-3-4-13-18-10(2)14(24-13)16(23)17-9-11-5-7-12(8-6-11)15-19-21-22-20-15/h5-8H,3-4,9H2,1-2H3,(H,17,23)(H,19,20,21,22). The van der Waals surface area contributed by atoms with Crippen LogP contribution in [0.1, 0.15) is 39.3 Å². The lowest BCUT2D eigenvalue weighted by Gasteiger charge is -2.05. The zero-order chi connectivity index (χ0) is 16.9. The summed E-state index contributed by atoms with van der Waals surface area (Å²) in [4.78, 5) is 17.5. The first-order valence-corrected chi connectivity index (χ1v) is 8.56. The number of hydrogen-bond donors (Lipinski definition) is 2. The van der Waals surface area contributed by atoms with Crippen molar-refractivity contribution in [3.05, 3.63) is 45.4 Å². The molecule has 8 heteroatoms. The molecule has 0 radical (unpaired) electrons. The maximum Gasteiger partial charge on any atom is 0.263 e. The molecule has 0 bridgehead atoms. The van der Waals surface area contributed by atoms with Gasteiger partial charge in [0.05, 0.1) is 10.7 Å². The van der Waals surface area contributed by atoms with Crippen LogP contribution in [-0.2, 0) is 13.0 Å². The third kappa shape index (κ3) is 3.65. The van der Waals surface area contributed by atoms with Crippen LogP contribution in [0.25, 0.3) is 11.4 Å². The van der Waals surface area contributed by atoms with Gasteiger partial charge in [0.1, 0.15) is 4.88 Å². The van der Waals surface area contributed by atoms with Crippen molar-refractivity contribution in [1.29, 1.82) is 0 Å². The summed E-state index contributed by atoms with van der Waals surface area (Å²) in [6.07, 6.45) is 1.94. The minimum Gasteiger partial charge on any atom is -0.347 e. The number of carbonyl (C=O) groups excluding carboxylic acids is 1. The van der Waals surface area contributed by atoms with E-state index in [2.05, 4.69) is 37.8 Å². The maximum absolute atomic E-state index is 12.3. The molecule has 0 fully saturated rings. The van der Waals surface area contributed by atoms with E-state index in [9.17, 15) is 4.79 Å². The Morgan fingerprint density at radius 1 is 1.29 bits per heavy atom. The van der Waals surface area contributed by atoms with Gasteiger partial charge in [-0.1, -0.05) is 31.2 Å². The van der Waals surface area contributed by atoms with Crippen molar-refractivity contribution in [1.82, 2.24) is 30.9 Å². The highest BCUT2D eigenvalue weighted by Gasteiger charge is 2.14. The zero-order valence-corrected chi connectivity index (χ0v) is 14.4. The molecule has 0 unspecified atom stereocenters. The first-order chi connectivity index (χ1) is 11.7. The molecule has 0 saturated heterocycles. The molecule has 0 aliphatic heterocycles. The number of aromatic amines is 1. The Balaban J connectivity index is 1.62. The van der Waals surface area contributed by atoms with Gasteiger partial charge in [-0.2, -0.15) is 5.21 Å². The quantitative estimate of drug-likeness (QED) is 0.717. The predicted molar refractivity (Wildman–Crippen MR) is 91.6 cm³/mol. The monoisotopic (exact) mass is 342 g/mol. The van der Waals surface area contributed by atoms with Gasteiger partial charge in [0, 0.05) is 12.1 Å². The summed E-state index contributed by atoms with van der Waals surface area (Å²) in [6.45, 7) is 4.45. The largest absolute Gasteiger partial charge is 0.347 e. The van der Waals surface area contributed by atoms with Crippen LogP contribution >= 0.6 is 11.3 Å². The van der Waals surface area contributed by atoms with Crippen LogP contribution in [0.5, 0.6) is 0 Å². The van der Waals surface area contributed by atoms with Crippen LogP contribution in [-0.4, -0.2) is 31.5 Å². The van der Waals surface area contributed by atoms with Crippen molar-refractivity contribution in [3.8, 4) is 11.4 Å². The summed E-state index contributed by atoms with van der Waals surface area (Å²) in [5, 5.41) is 17.8. The molecule has 0 saturated carbocycles. The zero-order valence-electron chi connectivity index (χ0n) is 13.5. The molecule has 7 nitrogen and oxygen atoms in total. The fourth-order valence-electron chi connectivity index (χ4n) is 2.30. The van der Waals surface area contributed by atoms with Gasteiger partial charge < -0.3 is 5.32 Å². The van der Waals surface area contributed by atoms with Crippen molar-refractivity contribution in [2.24, 2.45) is 0 Å². The van der Waals surface area contributed by atoms with Crippen LogP contribution in [0.15, 0.2) is 24.3 Å². The van der Waals surface area contributed by atoms with Gasteiger partial charge in [-0.05, 0) is 30.5 Å². The summed E-state index contributed by atoms with van der Waals surface area (Å²) in [7, 11) is 0. The van der Waals surface area contributed by atoms with Gasteiger partial charge in [0.25, 0.3) is 5.91 Å². The van der Waals surface area contributed by atoms with E-state index >= 15 is 0 Å². The number of tetrazole rings is 1. The molecular weight excluding hydrogens is 324 g/mol. The lowest BCUT2D eigenvalue weighted by atomic mass is 10.1. The molecule has 0 aliphatic carbocycles. The minimum absolute atomic E-state index is 0.0744. The number of aryl methyl sites for hydroxylation is 2. The van der Waals surface area contributed by atoms with Crippen molar-refractivity contribution in [2.45, 2.75) is 33.2 Å². The second-order valence-electron chi connectivity index (χ2n) is 5.39. The number of thiazole rings is 1. The van der Waals surface area contributed by atoms with E-state index in [1.165, 1.54) is 11.3 Å². The number of aromatic nitrogens is 5. The van der Waals surface area contributed by atoms with E-state index in [0.717, 1.165) is 34.7 Å². The molecule has 2 N–H and O–H groups in total. The number of nitrogens with one attached hydrogen (secondary N) is 2. The van der Waals surface area contributed by atoms with E-state index in [0.29, 0.717) is 17.2 Å². The van der Waals surface area contributed by atoms with E-state index in [4.69, 9.17) is 0 Å². The Bertz CT molecular complexity index is 810. The Morgan fingerprint density at radius 3 is 2.75 bits per heavy atom. The van der Waals surface area contributed by atoms with Gasteiger partial charge in [-0.3, -0.25) is 4.79 Å². The molecule has 3 aromatic rings. The first kappa shape index (κ1) is 16.3. The number of rotatable bonds is 6. The number of H-pyrrole nitrogens is 1. The lowest BCUT2D eigenvalue weighted by molar-refractivity contribution is 0.0954. The number of benzene rings is 1. The normalized spacial score (nSPS) is 10.8. The summed E-state index contributed by atoms with van der Waals surface area (Å²) in [6, 6.07) is 7.69. The third-order valence-corrected chi connectivity index (χ3v) is 4.74. The molecule has 124 valence electrons. The van der Waals surface area contributed by atoms with E-state index in [-0.39, 0.29) is 5.91 Å². The average molecular weight is 342 g/mol. The Hall–Kier alpha value is -2.61. The Morgan fingerprint density at radius 2 is 2.08 bits per heavy atom. The highest BCUT2D eigenvalue weighted by molar-refractivity contribution is 7.13. The van der Waals surface area contributed by atoms with Crippen molar-refractivity contribution < 1.29 is 4.79 Å². The molecule has 2 aromatic heterocycles. The van der Waals surface area contributed by atoms with Crippen LogP contribution in [0, 0.1) is 6.92 Å². The van der Waals surface area contributed by atoms with Gasteiger partial charge in [-0.15, -0.1) is 21.5 Å². The minimum atomic E-state index is -0.0744. The number of amides is 1. The van der Waals surface area contributed by atoms with Crippen molar-refractivity contribution >= 4 is 17.2 Å². The fourth-order valence-corrected chi connectivity index (χ4v) is 3.38. The molecule has 24 heavy (non-hydrogen) atoms. The van der Waals surface area contributed by atoms with E-state index in [1.54, 1.807) is 0 Å². The lowest BCUT2D eigenvalue weighted by Crippen LogP contribution is -2.22. The Kier molecular flexibility index (Phi) is 4.95. The smallest absolute Gasteiger partial charge is 0.263 e. The second kappa shape index (κ2) is 7.31. The molecule has 0 atom stereocenters. The third-order valence-electron chi connectivity index (χ3n) is 3.52. The highest BCUT2D eigenvalue weighted by Crippen LogP contribution is 2.19. The molecule has 1 amide bonds. The number of hydrogen-bond acceptors (Lipinski definition) is 6. The highest BCUT2D eigenvalue weighted by atomic mass is 32.1. The molecule has 2 heterocycles. The van der Waals surface area contributed by atoms with Crippen LogP contribution in [0.3, 0.4) is 0 Å². The van der Waals surface area contributed by atoms with E-state index in [1.807, 2.05) is 31.2 Å². The van der Waals surface area contributed by atoms with Crippen molar-refractivity contribution in [3.63, 3.8) is 0 Å². The molecule has 1 aromatic carbocycles. The van der Waals surface area contributed by atoms with Gasteiger partial charge in [-0.25, -0.2) is 4.98 Å². The Labute approximate surface area is 143 Å². The second-order valence-corrected chi connectivity index (χ2v) is 6.47. The molecular formula is C16H18N6OS. The summed E-state index contributed by atoms with van der Waals surface area (Å²) in [5.41, 5.74) is 2.68. The van der Waals surface area contributed by atoms with E-state index < -0.39 is 0 Å². The van der Waals surface area contributed by atoms with Gasteiger partial charge in [0.2, 0.25) is 5.82 Å². The summed E-state index contributed by atoms with van der Waals surface area (Å²) in [5.74, 6) is 0.476. The van der Waals surface area contributed by atoms with Gasteiger partial charge >= 0.3 is 0 Å². The first-order valence-electron chi connectivity index (χ1n) is 7.74. The maximum atomic E-state index is 12.3. The fraction of sp³-hybridized carbons (Fsp3) is 0.312. The number of nitrogens with zero attached hydrogens (tertiary/aromatic N) is 4. The molecule has 0 aliphatic rings. The molecule has 0 spiro atoms.